The minimum absolute atomic E-state index is 0.0373. The Morgan fingerprint density at radius 1 is 1.46 bits per heavy atom. The molecule has 9 heteroatoms. The molecule has 1 heterocycles. The van der Waals surface area contributed by atoms with Crippen molar-refractivity contribution >= 4 is 27.6 Å². The number of sulfonamides is 1. The Balaban J connectivity index is 2.35. The van der Waals surface area contributed by atoms with Crippen molar-refractivity contribution < 1.29 is 23.1 Å². The molecule has 7 nitrogen and oxygen atoms in total. The van der Waals surface area contributed by atoms with Gasteiger partial charge in [-0.25, -0.2) is 8.42 Å². The molecule has 0 bridgehead atoms. The predicted octanol–water partition coefficient (Wildman–Crippen LogP) is 0.321. The van der Waals surface area contributed by atoms with Crippen LogP contribution in [-0.2, 0) is 26.1 Å². The SMILES string of the molecule is COC(=O)C1CN(CCO)CCS(=O)(=O)N1Cc1cccc(Cl)c1. The van der Waals surface area contributed by atoms with Gasteiger partial charge in [-0.1, -0.05) is 23.7 Å². The standard InChI is InChI=1S/C15H21ClN2O5S/c1-23-15(20)14-11-17(5-7-19)6-8-24(21,22)18(14)10-12-3-2-4-13(16)9-12/h2-4,9,14,19H,5-8,10-11H2,1H3. The maximum absolute atomic E-state index is 12.7. The monoisotopic (exact) mass is 376 g/mol. The number of rotatable bonds is 5. The molecule has 0 amide bonds. The molecule has 2 rings (SSSR count). The highest BCUT2D eigenvalue weighted by molar-refractivity contribution is 7.89. The van der Waals surface area contributed by atoms with Crippen LogP contribution in [-0.4, -0.2) is 73.8 Å². The molecule has 134 valence electrons. The average Bonchev–Trinajstić information content (AvgIpc) is 2.66. The first kappa shape index (κ1) is 19.1. The molecule has 1 fully saturated rings. The number of carbonyl (C=O) groups is 1. The minimum atomic E-state index is -3.66. The minimum Gasteiger partial charge on any atom is -0.468 e. The lowest BCUT2D eigenvalue weighted by molar-refractivity contribution is -0.145. The fourth-order valence-electron chi connectivity index (χ4n) is 2.68. The van der Waals surface area contributed by atoms with Crippen molar-refractivity contribution in [2.24, 2.45) is 0 Å². The van der Waals surface area contributed by atoms with E-state index in [1.807, 2.05) is 0 Å². The number of hydrogen-bond donors (Lipinski definition) is 1. The average molecular weight is 377 g/mol. The molecular formula is C15H21ClN2O5S. The van der Waals surface area contributed by atoms with Crippen molar-refractivity contribution in [1.82, 2.24) is 9.21 Å². The summed E-state index contributed by atoms with van der Waals surface area (Å²) in [4.78, 5) is 13.9. The highest BCUT2D eigenvalue weighted by atomic mass is 35.5. The Bertz CT molecular complexity index is 682. The molecule has 1 aromatic carbocycles. The molecule has 1 saturated heterocycles. The summed E-state index contributed by atoms with van der Waals surface area (Å²) < 4.78 is 31.3. The van der Waals surface area contributed by atoms with E-state index in [0.717, 1.165) is 0 Å². The number of methoxy groups -OCH3 is 1. The number of aliphatic hydroxyl groups excluding tert-OH is 1. The summed E-state index contributed by atoms with van der Waals surface area (Å²) >= 11 is 5.96. The number of nitrogens with zero attached hydrogens (tertiary/aromatic N) is 2. The molecule has 0 saturated carbocycles. The van der Waals surface area contributed by atoms with Crippen LogP contribution in [0, 0.1) is 0 Å². The topological polar surface area (TPSA) is 87.1 Å². The first-order valence-corrected chi connectivity index (χ1v) is 9.51. The van der Waals surface area contributed by atoms with Crippen LogP contribution >= 0.6 is 11.6 Å². The number of benzene rings is 1. The zero-order valence-corrected chi connectivity index (χ0v) is 15.0. The van der Waals surface area contributed by atoms with Gasteiger partial charge < -0.3 is 9.84 Å². The van der Waals surface area contributed by atoms with Gasteiger partial charge in [0.25, 0.3) is 0 Å². The zero-order valence-electron chi connectivity index (χ0n) is 13.4. The summed E-state index contributed by atoms with van der Waals surface area (Å²) in [6.45, 7) is 0.654. The highest BCUT2D eigenvalue weighted by Crippen LogP contribution is 2.21. The van der Waals surface area contributed by atoms with Gasteiger partial charge in [0, 0.05) is 31.2 Å². The van der Waals surface area contributed by atoms with Gasteiger partial charge >= 0.3 is 5.97 Å². The van der Waals surface area contributed by atoms with Crippen LogP contribution in [0.15, 0.2) is 24.3 Å². The summed E-state index contributed by atoms with van der Waals surface area (Å²) in [5.41, 5.74) is 0.690. The van der Waals surface area contributed by atoms with E-state index in [-0.39, 0.29) is 32.0 Å². The summed E-state index contributed by atoms with van der Waals surface area (Å²) in [7, 11) is -2.43. The second-order valence-electron chi connectivity index (χ2n) is 5.55. The van der Waals surface area contributed by atoms with Crippen LogP contribution < -0.4 is 0 Å². The van der Waals surface area contributed by atoms with Gasteiger partial charge in [0.1, 0.15) is 6.04 Å². The molecule has 1 aliphatic heterocycles. The van der Waals surface area contributed by atoms with Crippen molar-refractivity contribution in [1.29, 1.82) is 0 Å². The van der Waals surface area contributed by atoms with Crippen LogP contribution in [0.25, 0.3) is 0 Å². The number of aliphatic hydroxyl groups is 1. The van der Waals surface area contributed by atoms with E-state index in [9.17, 15) is 13.2 Å². The second kappa shape index (κ2) is 8.26. The molecule has 1 unspecified atom stereocenters. The largest absolute Gasteiger partial charge is 0.468 e. The van der Waals surface area contributed by atoms with E-state index in [1.54, 1.807) is 29.2 Å². The molecule has 24 heavy (non-hydrogen) atoms. The van der Waals surface area contributed by atoms with Gasteiger partial charge in [0.2, 0.25) is 10.0 Å². The third-order valence-electron chi connectivity index (χ3n) is 3.92. The van der Waals surface area contributed by atoms with Crippen molar-refractivity contribution in [2.75, 3.05) is 39.1 Å². The molecule has 1 N–H and O–H groups in total. The van der Waals surface area contributed by atoms with E-state index < -0.39 is 22.0 Å². The zero-order chi connectivity index (χ0) is 17.7. The molecule has 0 spiro atoms. The molecular weight excluding hydrogens is 356 g/mol. The van der Waals surface area contributed by atoms with Gasteiger partial charge in [0.05, 0.1) is 19.5 Å². The molecule has 0 aromatic heterocycles. The van der Waals surface area contributed by atoms with Crippen molar-refractivity contribution in [3.63, 3.8) is 0 Å². The van der Waals surface area contributed by atoms with E-state index in [4.69, 9.17) is 21.4 Å². The summed E-state index contributed by atoms with van der Waals surface area (Å²) in [5, 5.41) is 9.62. The van der Waals surface area contributed by atoms with Crippen molar-refractivity contribution in [3.8, 4) is 0 Å². The van der Waals surface area contributed by atoms with E-state index in [0.29, 0.717) is 17.1 Å². The second-order valence-corrected chi connectivity index (χ2v) is 8.03. The number of β-amino-alcohol motifs (C(OH)–C–C–N with tert-alkyl or cyclic N) is 1. The van der Waals surface area contributed by atoms with Gasteiger partial charge in [0.15, 0.2) is 0 Å². The normalized spacial score (nSPS) is 22.0. The number of halogens is 1. The van der Waals surface area contributed by atoms with Crippen LogP contribution in [0.5, 0.6) is 0 Å². The third kappa shape index (κ3) is 4.67. The van der Waals surface area contributed by atoms with Crippen LogP contribution in [0.1, 0.15) is 5.56 Å². The maximum atomic E-state index is 12.7. The van der Waals surface area contributed by atoms with E-state index in [2.05, 4.69) is 0 Å². The summed E-state index contributed by atoms with van der Waals surface area (Å²) in [5.74, 6) is -0.744. The molecule has 0 aliphatic carbocycles. The van der Waals surface area contributed by atoms with Crippen molar-refractivity contribution in [2.45, 2.75) is 12.6 Å². The van der Waals surface area contributed by atoms with Crippen LogP contribution in [0.2, 0.25) is 5.02 Å². The lowest BCUT2D eigenvalue weighted by Gasteiger charge is -2.28. The highest BCUT2D eigenvalue weighted by Gasteiger charge is 2.39. The van der Waals surface area contributed by atoms with Gasteiger partial charge in [-0.2, -0.15) is 4.31 Å². The van der Waals surface area contributed by atoms with Crippen LogP contribution in [0.4, 0.5) is 0 Å². The van der Waals surface area contributed by atoms with E-state index >= 15 is 0 Å². The van der Waals surface area contributed by atoms with Gasteiger partial charge in [-0.3, -0.25) is 9.69 Å². The smallest absolute Gasteiger partial charge is 0.325 e. The third-order valence-corrected chi connectivity index (χ3v) is 5.95. The Hall–Kier alpha value is -1.19. The summed E-state index contributed by atoms with van der Waals surface area (Å²) in [6, 6.07) is 5.89. The lowest BCUT2D eigenvalue weighted by atomic mass is 10.2. The number of ether oxygens (including phenoxy) is 1. The Morgan fingerprint density at radius 3 is 2.83 bits per heavy atom. The fraction of sp³-hybridized carbons (Fsp3) is 0.533. The van der Waals surface area contributed by atoms with Gasteiger partial charge in [-0.05, 0) is 17.7 Å². The van der Waals surface area contributed by atoms with E-state index in [1.165, 1.54) is 11.4 Å². The Kier molecular flexibility index (Phi) is 6.59. The molecule has 1 aliphatic rings. The number of carbonyl (C=O) groups excluding carboxylic acids is 1. The first-order valence-electron chi connectivity index (χ1n) is 7.52. The summed E-state index contributed by atoms with van der Waals surface area (Å²) in [6.07, 6.45) is 0. The van der Waals surface area contributed by atoms with Gasteiger partial charge in [-0.15, -0.1) is 0 Å². The maximum Gasteiger partial charge on any atom is 0.325 e. The molecule has 1 atom stereocenters. The Labute approximate surface area is 146 Å². The van der Waals surface area contributed by atoms with Crippen LogP contribution in [0.3, 0.4) is 0 Å². The molecule has 1 aromatic rings. The Morgan fingerprint density at radius 2 is 2.21 bits per heavy atom. The molecule has 0 radical (unpaired) electrons. The quantitative estimate of drug-likeness (QED) is 0.745. The number of esters is 1. The predicted molar refractivity (Wildman–Crippen MR) is 90.1 cm³/mol. The first-order chi connectivity index (χ1) is 11.4. The fourth-order valence-corrected chi connectivity index (χ4v) is 4.50. The number of hydrogen-bond acceptors (Lipinski definition) is 6. The van der Waals surface area contributed by atoms with Crippen molar-refractivity contribution in [3.05, 3.63) is 34.9 Å². The lowest BCUT2D eigenvalue weighted by Crippen LogP contribution is -2.48.